The molecule has 2 heterocycles. The van der Waals surface area contributed by atoms with Gasteiger partial charge in [-0.05, 0) is 18.6 Å². The van der Waals surface area contributed by atoms with Crippen molar-refractivity contribution in [1.82, 2.24) is 4.90 Å². The van der Waals surface area contributed by atoms with Gasteiger partial charge in [-0.2, -0.15) is 0 Å². The van der Waals surface area contributed by atoms with Crippen molar-refractivity contribution in [3.63, 3.8) is 0 Å². The summed E-state index contributed by atoms with van der Waals surface area (Å²) in [5, 5.41) is 9.56. The fraction of sp³-hybridized carbons (Fsp3) is 0.467. The van der Waals surface area contributed by atoms with E-state index in [1.54, 1.807) is 24.3 Å². The average Bonchev–Trinajstić information content (AvgIpc) is 2.74. The van der Waals surface area contributed by atoms with Gasteiger partial charge in [0, 0.05) is 0 Å². The first-order valence-electron chi connectivity index (χ1n) is 6.91. The number of carbonyl (C=O) groups is 2. The minimum atomic E-state index is -0.618. The Morgan fingerprint density at radius 2 is 1.65 bits per heavy atom. The van der Waals surface area contributed by atoms with Crippen molar-refractivity contribution in [3.05, 3.63) is 35.4 Å². The van der Waals surface area contributed by atoms with E-state index in [2.05, 4.69) is 0 Å². The number of nitrogens with zero attached hydrogens (tertiary/aromatic N) is 1. The van der Waals surface area contributed by atoms with Gasteiger partial charge in [0.1, 0.15) is 0 Å². The molecule has 1 N–H and O–H groups in total. The summed E-state index contributed by atoms with van der Waals surface area (Å²) >= 11 is 0. The highest BCUT2D eigenvalue weighted by Gasteiger charge is 2.41. The molecule has 0 saturated carbocycles. The molecule has 0 spiro atoms. The number of imide groups is 1. The third-order valence-corrected chi connectivity index (χ3v) is 3.36. The molecule has 20 heavy (non-hydrogen) atoms. The summed E-state index contributed by atoms with van der Waals surface area (Å²) in [7, 11) is 0. The standard InChI is InChI=1S/C13H13NO4.C2H6/c15-9-5-8(6-18-7-9)14-12(16)10-3-1-2-4-11(10)13(14)17;1-2/h1-4,8-9,15H,5-7H2;1-2H3. The van der Waals surface area contributed by atoms with E-state index < -0.39 is 6.10 Å². The zero-order valence-corrected chi connectivity index (χ0v) is 11.7. The third kappa shape index (κ3) is 2.46. The van der Waals surface area contributed by atoms with Gasteiger partial charge in [0.15, 0.2) is 0 Å². The van der Waals surface area contributed by atoms with Crippen LogP contribution in [0.2, 0.25) is 0 Å². The van der Waals surface area contributed by atoms with E-state index in [1.165, 1.54) is 4.90 Å². The van der Waals surface area contributed by atoms with Crippen LogP contribution in [0.15, 0.2) is 24.3 Å². The fourth-order valence-corrected chi connectivity index (χ4v) is 2.51. The molecule has 2 aliphatic heterocycles. The molecule has 0 aliphatic carbocycles. The quantitative estimate of drug-likeness (QED) is 0.789. The van der Waals surface area contributed by atoms with Crippen LogP contribution in [0, 0.1) is 0 Å². The second-order valence-corrected chi connectivity index (χ2v) is 4.61. The van der Waals surface area contributed by atoms with Gasteiger partial charge in [0.2, 0.25) is 0 Å². The first-order chi connectivity index (χ1) is 9.68. The number of amides is 2. The normalized spacial score (nSPS) is 25.1. The van der Waals surface area contributed by atoms with Crippen molar-refractivity contribution < 1.29 is 19.4 Å². The Morgan fingerprint density at radius 1 is 1.10 bits per heavy atom. The van der Waals surface area contributed by atoms with Crippen LogP contribution in [0.5, 0.6) is 0 Å². The smallest absolute Gasteiger partial charge is 0.261 e. The number of hydrogen-bond donors (Lipinski definition) is 1. The monoisotopic (exact) mass is 277 g/mol. The van der Waals surface area contributed by atoms with Crippen LogP contribution in [0.1, 0.15) is 41.0 Å². The van der Waals surface area contributed by atoms with Gasteiger partial charge in [-0.3, -0.25) is 14.5 Å². The third-order valence-electron chi connectivity index (χ3n) is 3.36. The SMILES string of the molecule is CC.O=C1c2ccccc2C(=O)N1C1COCC(O)C1. The van der Waals surface area contributed by atoms with Crippen LogP contribution < -0.4 is 0 Å². The van der Waals surface area contributed by atoms with Gasteiger partial charge >= 0.3 is 0 Å². The number of ether oxygens (including phenoxy) is 1. The van der Waals surface area contributed by atoms with Crippen molar-refractivity contribution >= 4 is 11.8 Å². The molecular formula is C15H19NO4. The summed E-state index contributed by atoms with van der Waals surface area (Å²) in [5.41, 5.74) is 0.866. The van der Waals surface area contributed by atoms with Crippen LogP contribution in [-0.4, -0.2) is 47.2 Å². The van der Waals surface area contributed by atoms with Gasteiger partial charge in [0.25, 0.3) is 11.8 Å². The summed E-state index contributed by atoms with van der Waals surface area (Å²) in [6.07, 6.45) is -0.237. The van der Waals surface area contributed by atoms with E-state index in [-0.39, 0.29) is 24.5 Å². The zero-order valence-electron chi connectivity index (χ0n) is 11.7. The maximum absolute atomic E-state index is 12.2. The summed E-state index contributed by atoms with van der Waals surface area (Å²) in [4.78, 5) is 25.6. The van der Waals surface area contributed by atoms with E-state index in [1.807, 2.05) is 13.8 Å². The van der Waals surface area contributed by atoms with E-state index in [4.69, 9.17) is 4.74 Å². The number of fused-ring (bicyclic) bond motifs is 1. The van der Waals surface area contributed by atoms with Gasteiger partial charge in [-0.25, -0.2) is 0 Å². The second kappa shape index (κ2) is 6.15. The van der Waals surface area contributed by atoms with Crippen molar-refractivity contribution in [1.29, 1.82) is 0 Å². The molecule has 108 valence electrons. The predicted molar refractivity (Wildman–Crippen MR) is 73.5 cm³/mol. The average molecular weight is 277 g/mol. The molecule has 0 bridgehead atoms. The maximum atomic E-state index is 12.2. The number of carbonyl (C=O) groups excluding carboxylic acids is 2. The van der Waals surface area contributed by atoms with E-state index in [0.29, 0.717) is 24.2 Å². The highest BCUT2D eigenvalue weighted by atomic mass is 16.5. The molecule has 3 rings (SSSR count). The fourth-order valence-electron chi connectivity index (χ4n) is 2.51. The molecule has 2 amide bonds. The summed E-state index contributed by atoms with van der Waals surface area (Å²) in [5.74, 6) is -0.586. The lowest BCUT2D eigenvalue weighted by molar-refractivity contribution is -0.0421. The minimum Gasteiger partial charge on any atom is -0.391 e. The molecule has 1 aromatic carbocycles. The first kappa shape index (κ1) is 14.7. The van der Waals surface area contributed by atoms with Gasteiger partial charge in [-0.1, -0.05) is 26.0 Å². The van der Waals surface area contributed by atoms with E-state index >= 15 is 0 Å². The van der Waals surface area contributed by atoms with Crippen LogP contribution in [0.4, 0.5) is 0 Å². The molecule has 2 aliphatic rings. The van der Waals surface area contributed by atoms with Crippen LogP contribution in [0.3, 0.4) is 0 Å². The predicted octanol–water partition coefficient (Wildman–Crippen LogP) is 1.46. The van der Waals surface area contributed by atoms with Crippen LogP contribution in [-0.2, 0) is 4.74 Å². The Balaban J connectivity index is 0.000000704. The minimum absolute atomic E-state index is 0.264. The Morgan fingerprint density at radius 3 is 2.15 bits per heavy atom. The van der Waals surface area contributed by atoms with Crippen molar-refractivity contribution in [2.24, 2.45) is 0 Å². The lowest BCUT2D eigenvalue weighted by Gasteiger charge is -2.31. The molecule has 2 unspecified atom stereocenters. The summed E-state index contributed by atoms with van der Waals surface area (Å²) < 4.78 is 5.21. The zero-order chi connectivity index (χ0) is 14.7. The van der Waals surface area contributed by atoms with Crippen LogP contribution in [0.25, 0.3) is 0 Å². The second-order valence-electron chi connectivity index (χ2n) is 4.61. The number of aliphatic hydroxyl groups excluding tert-OH is 1. The van der Waals surface area contributed by atoms with Gasteiger partial charge in [0.05, 0.1) is 36.5 Å². The Hall–Kier alpha value is -1.72. The van der Waals surface area contributed by atoms with Crippen molar-refractivity contribution in [2.75, 3.05) is 13.2 Å². The first-order valence-corrected chi connectivity index (χ1v) is 6.91. The van der Waals surface area contributed by atoms with Crippen LogP contribution >= 0.6 is 0 Å². The highest BCUT2D eigenvalue weighted by Crippen LogP contribution is 2.27. The molecular weight excluding hydrogens is 258 g/mol. The van der Waals surface area contributed by atoms with E-state index in [9.17, 15) is 14.7 Å². The molecule has 1 fully saturated rings. The molecule has 5 nitrogen and oxygen atoms in total. The molecule has 1 aromatic rings. The lowest BCUT2D eigenvalue weighted by atomic mass is 10.1. The molecule has 2 atom stereocenters. The van der Waals surface area contributed by atoms with Gasteiger partial charge < -0.3 is 9.84 Å². The van der Waals surface area contributed by atoms with Crippen molar-refractivity contribution in [3.8, 4) is 0 Å². The molecule has 5 heteroatoms. The Labute approximate surface area is 118 Å². The Bertz CT molecular complexity index is 479. The summed E-state index contributed by atoms with van der Waals surface area (Å²) in [6, 6.07) is 6.39. The maximum Gasteiger partial charge on any atom is 0.261 e. The molecule has 0 radical (unpaired) electrons. The highest BCUT2D eigenvalue weighted by molar-refractivity contribution is 6.21. The topological polar surface area (TPSA) is 66.8 Å². The number of hydrogen-bond acceptors (Lipinski definition) is 4. The largest absolute Gasteiger partial charge is 0.391 e. The lowest BCUT2D eigenvalue weighted by Crippen LogP contribution is -2.48. The Kier molecular flexibility index (Phi) is 4.52. The number of aliphatic hydroxyl groups is 1. The van der Waals surface area contributed by atoms with Gasteiger partial charge in [-0.15, -0.1) is 0 Å². The number of rotatable bonds is 1. The number of benzene rings is 1. The molecule has 1 saturated heterocycles. The summed E-state index contributed by atoms with van der Waals surface area (Å²) in [6.45, 7) is 4.56. The molecule has 0 aromatic heterocycles. The van der Waals surface area contributed by atoms with E-state index in [0.717, 1.165) is 0 Å². The van der Waals surface area contributed by atoms with Crippen molar-refractivity contribution in [2.45, 2.75) is 32.4 Å².